The number of hydrogen-bond donors (Lipinski definition) is 1. The summed E-state index contributed by atoms with van der Waals surface area (Å²) >= 11 is 0. The van der Waals surface area contributed by atoms with Crippen LogP contribution in [0.5, 0.6) is 0 Å². The number of aromatic nitrogens is 1. The largest absolute Gasteiger partial charge is 0.361 e. The van der Waals surface area contributed by atoms with Crippen molar-refractivity contribution >= 4 is 22.6 Å². The van der Waals surface area contributed by atoms with Gasteiger partial charge in [0.1, 0.15) is 0 Å². The van der Waals surface area contributed by atoms with E-state index in [0.29, 0.717) is 0 Å². The zero-order chi connectivity index (χ0) is 12.8. The van der Waals surface area contributed by atoms with Gasteiger partial charge in [-0.25, -0.2) is 0 Å². The molecule has 4 rings (SSSR count). The fourth-order valence-electron chi connectivity index (χ4n) is 2.96. The van der Waals surface area contributed by atoms with Crippen molar-refractivity contribution in [3.05, 3.63) is 70.9 Å². The Labute approximate surface area is 112 Å². The third-order valence-electron chi connectivity index (χ3n) is 3.95. The first-order chi connectivity index (χ1) is 9.31. The Morgan fingerprint density at radius 1 is 1.05 bits per heavy atom. The molecule has 1 aliphatic rings. The Kier molecular flexibility index (Phi) is 2.16. The third kappa shape index (κ3) is 1.62. The number of allylic oxidation sites excluding steroid dienone is 1. The monoisotopic (exact) mass is 245 g/mol. The van der Waals surface area contributed by atoms with E-state index < -0.39 is 0 Å². The van der Waals surface area contributed by atoms with Gasteiger partial charge in [-0.15, -0.1) is 0 Å². The molecule has 1 aromatic heterocycles. The van der Waals surface area contributed by atoms with E-state index in [2.05, 4.69) is 66.6 Å². The molecule has 0 aliphatic heterocycles. The lowest BCUT2D eigenvalue weighted by atomic mass is 10.0. The van der Waals surface area contributed by atoms with E-state index in [4.69, 9.17) is 0 Å². The summed E-state index contributed by atoms with van der Waals surface area (Å²) in [4.78, 5) is 3.36. The van der Waals surface area contributed by atoms with Gasteiger partial charge >= 0.3 is 0 Å². The van der Waals surface area contributed by atoms with Gasteiger partial charge in [0.25, 0.3) is 0 Å². The molecule has 0 bridgehead atoms. The number of fused-ring (bicyclic) bond motifs is 2. The van der Waals surface area contributed by atoms with Crippen LogP contribution in [0.15, 0.2) is 48.7 Å². The van der Waals surface area contributed by atoms with E-state index in [0.717, 1.165) is 6.42 Å². The number of benzene rings is 2. The molecule has 1 nitrogen and oxygen atoms in total. The molecule has 0 amide bonds. The highest BCUT2D eigenvalue weighted by atomic mass is 14.7. The molecular weight excluding hydrogens is 230 g/mol. The van der Waals surface area contributed by atoms with Crippen LogP contribution in [0.1, 0.15) is 22.3 Å². The maximum absolute atomic E-state index is 3.36. The lowest BCUT2D eigenvalue weighted by Gasteiger charge is -2.00. The second kappa shape index (κ2) is 3.86. The van der Waals surface area contributed by atoms with Gasteiger partial charge in [0.15, 0.2) is 0 Å². The Morgan fingerprint density at radius 2 is 1.95 bits per heavy atom. The van der Waals surface area contributed by atoms with Crippen LogP contribution in [0.4, 0.5) is 0 Å². The summed E-state index contributed by atoms with van der Waals surface area (Å²) in [5.41, 5.74) is 8.11. The first-order valence-corrected chi connectivity index (χ1v) is 6.68. The van der Waals surface area contributed by atoms with E-state index in [1.165, 1.54) is 38.7 Å². The highest BCUT2D eigenvalue weighted by Gasteiger charge is 2.16. The Bertz CT molecular complexity index is 805. The zero-order valence-corrected chi connectivity index (χ0v) is 10.9. The van der Waals surface area contributed by atoms with E-state index in [1.807, 2.05) is 0 Å². The van der Waals surface area contributed by atoms with Crippen molar-refractivity contribution < 1.29 is 0 Å². The minimum atomic E-state index is 1.04. The molecule has 0 unspecified atom stereocenters. The molecule has 92 valence electrons. The average molecular weight is 245 g/mol. The van der Waals surface area contributed by atoms with Crippen LogP contribution >= 0.6 is 0 Å². The van der Waals surface area contributed by atoms with Crippen molar-refractivity contribution in [2.24, 2.45) is 0 Å². The van der Waals surface area contributed by atoms with E-state index in [9.17, 15) is 0 Å². The number of nitrogens with one attached hydrogen (secondary N) is 1. The number of aryl methyl sites for hydroxylation is 1. The van der Waals surface area contributed by atoms with Gasteiger partial charge in [-0.2, -0.15) is 0 Å². The molecule has 0 spiro atoms. The van der Waals surface area contributed by atoms with E-state index in [1.54, 1.807) is 0 Å². The molecule has 2 aromatic carbocycles. The molecule has 0 atom stereocenters. The number of para-hydroxylation sites is 1. The van der Waals surface area contributed by atoms with Crippen LogP contribution < -0.4 is 0 Å². The van der Waals surface area contributed by atoms with Crippen molar-refractivity contribution in [1.82, 2.24) is 4.98 Å². The summed E-state index contributed by atoms with van der Waals surface area (Å²) < 4.78 is 0. The molecule has 0 saturated heterocycles. The maximum Gasteiger partial charge on any atom is 0.0460 e. The SMILES string of the molecule is Cc1ccc2c(c1)C=C(c1c[nH]c3ccccc13)C2. The van der Waals surface area contributed by atoms with Crippen molar-refractivity contribution in [3.63, 3.8) is 0 Å². The fourth-order valence-corrected chi connectivity index (χ4v) is 2.96. The highest BCUT2D eigenvalue weighted by molar-refractivity contribution is 5.99. The second-order valence-electron chi connectivity index (χ2n) is 5.30. The molecule has 19 heavy (non-hydrogen) atoms. The van der Waals surface area contributed by atoms with Crippen LogP contribution in [0.2, 0.25) is 0 Å². The summed E-state index contributed by atoms with van der Waals surface area (Å²) in [7, 11) is 0. The lowest BCUT2D eigenvalue weighted by molar-refractivity contribution is 1.30. The number of rotatable bonds is 1. The summed E-state index contributed by atoms with van der Waals surface area (Å²) in [6.45, 7) is 2.15. The molecule has 1 N–H and O–H groups in total. The summed E-state index contributed by atoms with van der Waals surface area (Å²) in [5, 5.41) is 1.32. The van der Waals surface area contributed by atoms with Gasteiger partial charge < -0.3 is 4.98 Å². The Hall–Kier alpha value is -2.28. The second-order valence-corrected chi connectivity index (χ2v) is 5.30. The smallest absolute Gasteiger partial charge is 0.0460 e. The predicted octanol–water partition coefficient (Wildman–Crippen LogP) is 4.57. The highest BCUT2D eigenvalue weighted by Crippen LogP contribution is 2.35. The zero-order valence-electron chi connectivity index (χ0n) is 10.9. The molecule has 1 heteroatoms. The normalized spacial score (nSPS) is 13.6. The van der Waals surface area contributed by atoms with Gasteiger partial charge in [-0.3, -0.25) is 0 Å². The Balaban J connectivity index is 1.85. The van der Waals surface area contributed by atoms with Crippen molar-refractivity contribution in [2.45, 2.75) is 13.3 Å². The maximum atomic E-state index is 3.36. The molecule has 3 aromatic rings. The molecule has 1 heterocycles. The van der Waals surface area contributed by atoms with Crippen molar-refractivity contribution in [1.29, 1.82) is 0 Å². The third-order valence-corrected chi connectivity index (χ3v) is 3.95. The summed E-state index contributed by atoms with van der Waals surface area (Å²) in [5.74, 6) is 0. The van der Waals surface area contributed by atoms with Gasteiger partial charge in [-0.1, -0.05) is 48.0 Å². The van der Waals surface area contributed by atoms with E-state index >= 15 is 0 Å². The van der Waals surface area contributed by atoms with Crippen LogP contribution in [0.25, 0.3) is 22.6 Å². The van der Waals surface area contributed by atoms with Crippen molar-refractivity contribution in [3.8, 4) is 0 Å². The fraction of sp³-hybridized carbons (Fsp3) is 0.111. The first kappa shape index (κ1) is 10.6. The summed E-state index contributed by atoms with van der Waals surface area (Å²) in [6, 6.07) is 15.2. The number of aromatic amines is 1. The molecule has 0 saturated carbocycles. The standard InChI is InChI=1S/C18H15N/c1-12-6-7-13-9-15(10-14(13)8-12)17-11-19-18-5-3-2-4-16(17)18/h2-8,10-11,19H,9H2,1H3. The minimum Gasteiger partial charge on any atom is -0.361 e. The van der Waals surface area contributed by atoms with Gasteiger partial charge in [0.05, 0.1) is 0 Å². The van der Waals surface area contributed by atoms with Crippen molar-refractivity contribution in [2.75, 3.05) is 0 Å². The van der Waals surface area contributed by atoms with Gasteiger partial charge in [0.2, 0.25) is 0 Å². The minimum absolute atomic E-state index is 1.04. The van der Waals surface area contributed by atoms with E-state index in [-0.39, 0.29) is 0 Å². The molecule has 1 aliphatic carbocycles. The quantitative estimate of drug-likeness (QED) is 0.646. The topological polar surface area (TPSA) is 15.8 Å². The first-order valence-electron chi connectivity index (χ1n) is 6.68. The molecule has 0 fully saturated rings. The van der Waals surface area contributed by atoms with Gasteiger partial charge in [-0.05, 0) is 36.1 Å². The average Bonchev–Trinajstić information content (AvgIpc) is 3.00. The van der Waals surface area contributed by atoms with Crippen LogP contribution in [0.3, 0.4) is 0 Å². The predicted molar refractivity (Wildman–Crippen MR) is 81.1 cm³/mol. The Morgan fingerprint density at radius 3 is 2.89 bits per heavy atom. The molecular formula is C18H15N. The van der Waals surface area contributed by atoms with Crippen LogP contribution in [-0.4, -0.2) is 4.98 Å². The number of H-pyrrole nitrogens is 1. The van der Waals surface area contributed by atoms with Crippen LogP contribution in [-0.2, 0) is 6.42 Å². The summed E-state index contributed by atoms with van der Waals surface area (Å²) in [6.07, 6.45) is 5.50. The van der Waals surface area contributed by atoms with Gasteiger partial charge in [0, 0.05) is 22.7 Å². The number of hydrogen-bond acceptors (Lipinski definition) is 0. The molecule has 0 radical (unpaired) electrons. The van der Waals surface area contributed by atoms with Crippen LogP contribution in [0, 0.1) is 6.92 Å². The lowest BCUT2D eigenvalue weighted by Crippen LogP contribution is -1.85.